The average molecular weight is 376 g/mol. The van der Waals surface area contributed by atoms with Crippen molar-refractivity contribution in [2.75, 3.05) is 14.2 Å². The van der Waals surface area contributed by atoms with Crippen LogP contribution in [-0.4, -0.2) is 41.7 Å². The molecule has 0 aliphatic carbocycles. The van der Waals surface area contributed by atoms with Crippen molar-refractivity contribution in [3.8, 4) is 22.9 Å². The molecule has 2 heterocycles. The van der Waals surface area contributed by atoms with Gasteiger partial charge in [0, 0.05) is 28.2 Å². The largest absolute Gasteiger partial charge is 0.496 e. The number of halogens is 2. The van der Waals surface area contributed by atoms with Gasteiger partial charge in [-0.15, -0.1) is 10.2 Å². The molecule has 142 valence electrons. The third-order valence-electron chi connectivity index (χ3n) is 3.94. The van der Waals surface area contributed by atoms with E-state index in [2.05, 4.69) is 20.5 Å². The number of rotatable bonds is 7. The SMILES string of the molecule is COc1ccc(-c2cc3[nH]c(CNC(=O)CC(F)F)cc3cc2OC)nn1. The monoisotopic (exact) mass is 376 g/mol. The quantitative estimate of drug-likeness (QED) is 0.662. The Morgan fingerprint density at radius 3 is 2.63 bits per heavy atom. The van der Waals surface area contributed by atoms with Crippen molar-refractivity contribution in [2.24, 2.45) is 0 Å². The Hall–Kier alpha value is -3.23. The molecule has 0 saturated heterocycles. The normalized spacial score (nSPS) is 11.0. The molecule has 0 spiro atoms. The number of fused-ring (bicyclic) bond motifs is 1. The first-order chi connectivity index (χ1) is 13.0. The smallest absolute Gasteiger partial charge is 0.247 e. The van der Waals surface area contributed by atoms with Gasteiger partial charge in [-0.3, -0.25) is 4.79 Å². The maximum Gasteiger partial charge on any atom is 0.247 e. The van der Waals surface area contributed by atoms with E-state index in [1.165, 1.54) is 7.11 Å². The molecule has 7 nitrogen and oxygen atoms in total. The van der Waals surface area contributed by atoms with E-state index in [-0.39, 0.29) is 6.54 Å². The van der Waals surface area contributed by atoms with Crippen LogP contribution >= 0.6 is 0 Å². The molecule has 0 aliphatic heterocycles. The van der Waals surface area contributed by atoms with E-state index >= 15 is 0 Å². The summed E-state index contributed by atoms with van der Waals surface area (Å²) < 4.78 is 34.9. The summed E-state index contributed by atoms with van der Waals surface area (Å²) in [5, 5.41) is 11.4. The van der Waals surface area contributed by atoms with Crippen molar-refractivity contribution in [1.29, 1.82) is 0 Å². The molecule has 2 N–H and O–H groups in total. The summed E-state index contributed by atoms with van der Waals surface area (Å²) in [6.07, 6.45) is -3.47. The predicted octanol–water partition coefficient (Wildman–Crippen LogP) is 2.91. The van der Waals surface area contributed by atoms with Gasteiger partial charge in [-0.05, 0) is 24.3 Å². The number of hydrogen-bond donors (Lipinski definition) is 2. The van der Waals surface area contributed by atoms with Gasteiger partial charge in [0.1, 0.15) is 5.75 Å². The molecule has 0 atom stereocenters. The van der Waals surface area contributed by atoms with Gasteiger partial charge in [-0.2, -0.15) is 0 Å². The second-order valence-corrected chi connectivity index (χ2v) is 5.77. The number of H-pyrrole nitrogens is 1. The zero-order valence-corrected chi connectivity index (χ0v) is 14.8. The Kier molecular flexibility index (Phi) is 5.49. The Bertz CT molecular complexity index is 942. The lowest BCUT2D eigenvalue weighted by Gasteiger charge is -2.08. The molecule has 0 aliphatic rings. The van der Waals surface area contributed by atoms with Crippen LogP contribution in [0.5, 0.6) is 11.6 Å². The fraction of sp³-hybridized carbons (Fsp3) is 0.278. The molecular formula is C18H18F2N4O3. The number of alkyl halides is 2. The zero-order valence-electron chi connectivity index (χ0n) is 14.8. The Morgan fingerprint density at radius 2 is 2.00 bits per heavy atom. The first-order valence-electron chi connectivity index (χ1n) is 8.12. The van der Waals surface area contributed by atoms with E-state index < -0.39 is 18.8 Å². The number of hydrogen-bond acceptors (Lipinski definition) is 5. The molecular weight excluding hydrogens is 358 g/mol. The van der Waals surface area contributed by atoms with Gasteiger partial charge in [0.15, 0.2) is 0 Å². The Labute approximate surface area is 153 Å². The van der Waals surface area contributed by atoms with Gasteiger partial charge in [0.2, 0.25) is 18.2 Å². The summed E-state index contributed by atoms with van der Waals surface area (Å²) in [7, 11) is 3.07. The first kappa shape index (κ1) is 18.6. The van der Waals surface area contributed by atoms with E-state index in [0.717, 1.165) is 16.5 Å². The topological polar surface area (TPSA) is 89.1 Å². The minimum atomic E-state index is -2.66. The lowest BCUT2D eigenvalue weighted by Crippen LogP contribution is -2.24. The number of amides is 1. The molecule has 0 unspecified atom stereocenters. The third kappa shape index (κ3) is 4.30. The van der Waals surface area contributed by atoms with E-state index in [9.17, 15) is 13.6 Å². The lowest BCUT2D eigenvalue weighted by molar-refractivity contribution is -0.123. The van der Waals surface area contributed by atoms with Gasteiger partial charge in [0.25, 0.3) is 0 Å². The molecule has 0 fully saturated rings. The van der Waals surface area contributed by atoms with Crippen molar-refractivity contribution in [2.45, 2.75) is 19.4 Å². The van der Waals surface area contributed by atoms with Crippen LogP contribution in [0.4, 0.5) is 8.78 Å². The molecule has 27 heavy (non-hydrogen) atoms. The summed E-state index contributed by atoms with van der Waals surface area (Å²) in [5.41, 5.74) is 2.82. The number of aromatic nitrogens is 3. The van der Waals surface area contributed by atoms with Crippen LogP contribution in [0.2, 0.25) is 0 Å². The number of carbonyl (C=O) groups is 1. The van der Waals surface area contributed by atoms with Gasteiger partial charge >= 0.3 is 0 Å². The maximum absolute atomic E-state index is 12.2. The van der Waals surface area contributed by atoms with Crippen molar-refractivity contribution in [1.82, 2.24) is 20.5 Å². The number of carbonyl (C=O) groups excluding carboxylic acids is 1. The summed E-state index contributed by atoms with van der Waals surface area (Å²) in [4.78, 5) is 14.5. The Morgan fingerprint density at radius 1 is 1.19 bits per heavy atom. The van der Waals surface area contributed by atoms with E-state index in [4.69, 9.17) is 9.47 Å². The van der Waals surface area contributed by atoms with Gasteiger partial charge in [-0.25, -0.2) is 8.78 Å². The summed E-state index contributed by atoms with van der Waals surface area (Å²) in [6.45, 7) is 0.125. The molecule has 1 amide bonds. The van der Waals surface area contributed by atoms with Crippen molar-refractivity contribution in [3.63, 3.8) is 0 Å². The molecule has 3 aromatic rings. The molecule has 0 saturated carbocycles. The number of benzene rings is 1. The highest BCUT2D eigenvalue weighted by Crippen LogP contribution is 2.33. The number of nitrogens with zero attached hydrogens (tertiary/aromatic N) is 2. The first-order valence-corrected chi connectivity index (χ1v) is 8.12. The van der Waals surface area contributed by atoms with Crippen molar-refractivity contribution >= 4 is 16.8 Å². The lowest BCUT2D eigenvalue weighted by atomic mass is 10.1. The highest BCUT2D eigenvalue weighted by molar-refractivity contribution is 5.88. The molecule has 1 aromatic carbocycles. The van der Waals surface area contributed by atoms with Crippen LogP contribution in [0, 0.1) is 0 Å². The van der Waals surface area contributed by atoms with E-state index in [1.807, 2.05) is 18.2 Å². The van der Waals surface area contributed by atoms with Crippen LogP contribution in [0.15, 0.2) is 30.3 Å². The minimum Gasteiger partial charge on any atom is -0.496 e. The van der Waals surface area contributed by atoms with Crippen molar-refractivity contribution in [3.05, 3.63) is 36.0 Å². The summed E-state index contributed by atoms with van der Waals surface area (Å²) >= 11 is 0. The van der Waals surface area contributed by atoms with Crippen LogP contribution < -0.4 is 14.8 Å². The van der Waals surface area contributed by atoms with Crippen molar-refractivity contribution < 1.29 is 23.0 Å². The Balaban J connectivity index is 1.87. The highest BCUT2D eigenvalue weighted by Gasteiger charge is 2.14. The van der Waals surface area contributed by atoms with Gasteiger partial charge in [-0.1, -0.05) is 0 Å². The number of methoxy groups -OCH3 is 2. The second kappa shape index (κ2) is 7.98. The molecule has 2 aromatic heterocycles. The van der Waals surface area contributed by atoms with Crippen LogP contribution in [-0.2, 0) is 11.3 Å². The summed E-state index contributed by atoms with van der Waals surface area (Å²) in [6, 6.07) is 8.98. The number of nitrogens with one attached hydrogen (secondary N) is 2. The van der Waals surface area contributed by atoms with E-state index in [0.29, 0.717) is 23.0 Å². The predicted molar refractivity (Wildman–Crippen MR) is 94.9 cm³/mol. The molecule has 0 radical (unpaired) electrons. The van der Waals surface area contributed by atoms with Crippen LogP contribution in [0.1, 0.15) is 12.1 Å². The maximum atomic E-state index is 12.2. The number of aromatic amines is 1. The molecule has 9 heteroatoms. The van der Waals surface area contributed by atoms with E-state index in [1.54, 1.807) is 19.2 Å². The zero-order chi connectivity index (χ0) is 19.4. The minimum absolute atomic E-state index is 0.125. The third-order valence-corrected chi connectivity index (χ3v) is 3.94. The van der Waals surface area contributed by atoms with Gasteiger partial charge < -0.3 is 19.8 Å². The molecule has 3 rings (SSSR count). The van der Waals surface area contributed by atoms with Gasteiger partial charge in [0.05, 0.1) is 32.9 Å². The fourth-order valence-electron chi connectivity index (χ4n) is 2.66. The highest BCUT2D eigenvalue weighted by atomic mass is 19.3. The average Bonchev–Trinajstić information content (AvgIpc) is 3.06. The van der Waals surface area contributed by atoms with Crippen LogP contribution in [0.3, 0.4) is 0 Å². The number of ether oxygens (including phenoxy) is 2. The molecule has 0 bridgehead atoms. The summed E-state index contributed by atoms with van der Waals surface area (Å²) in [5.74, 6) is 0.310. The standard InChI is InChI=1S/C18H18F2N4O3/c1-26-15-6-10-5-11(9-21-17(25)8-16(19)20)22-14(10)7-12(15)13-3-4-18(27-2)24-23-13/h3-7,16,22H,8-9H2,1-2H3,(H,21,25). The fourth-order valence-corrected chi connectivity index (χ4v) is 2.66. The second-order valence-electron chi connectivity index (χ2n) is 5.77. The van der Waals surface area contributed by atoms with Crippen LogP contribution in [0.25, 0.3) is 22.2 Å².